The Morgan fingerprint density at radius 3 is 2.92 bits per heavy atom. The fraction of sp³-hybridized carbons (Fsp3) is 0.389. The second kappa shape index (κ2) is 8.55. The Hall–Kier alpha value is -2.51. The summed E-state index contributed by atoms with van der Waals surface area (Å²) in [5.74, 6) is 0.390. The average Bonchev–Trinajstić information content (AvgIpc) is 3.07. The van der Waals surface area contributed by atoms with Crippen molar-refractivity contribution in [2.75, 3.05) is 26.4 Å². The highest BCUT2D eigenvalue weighted by molar-refractivity contribution is 5.95. The van der Waals surface area contributed by atoms with E-state index in [-0.39, 0.29) is 23.6 Å². The van der Waals surface area contributed by atoms with Gasteiger partial charge in [-0.05, 0) is 36.2 Å². The number of carbonyl (C=O) groups excluding carboxylic acids is 1. The van der Waals surface area contributed by atoms with Crippen LogP contribution < -0.4 is 15.8 Å². The average molecular weight is 342 g/mol. The normalized spacial score (nSPS) is 19.6. The molecule has 3 heterocycles. The number of hydrogen-bond donors (Lipinski definition) is 2. The van der Waals surface area contributed by atoms with E-state index in [1.165, 1.54) is 5.56 Å². The third-order valence-electron chi connectivity index (χ3n) is 4.12. The third-order valence-corrected chi connectivity index (χ3v) is 4.12. The zero-order chi connectivity index (χ0) is 17.5. The highest BCUT2D eigenvalue weighted by Crippen LogP contribution is 2.21. The van der Waals surface area contributed by atoms with E-state index >= 15 is 0 Å². The summed E-state index contributed by atoms with van der Waals surface area (Å²) in [6.07, 6.45) is 5.94. The highest BCUT2D eigenvalue weighted by Gasteiger charge is 2.30. The predicted octanol–water partition coefficient (Wildman–Crippen LogP) is 0.802. The van der Waals surface area contributed by atoms with E-state index in [2.05, 4.69) is 15.3 Å². The van der Waals surface area contributed by atoms with Gasteiger partial charge in [-0.15, -0.1) is 0 Å². The van der Waals surface area contributed by atoms with Gasteiger partial charge in [0.25, 0.3) is 5.91 Å². The number of hydrogen-bond acceptors (Lipinski definition) is 6. The molecule has 132 valence electrons. The van der Waals surface area contributed by atoms with Gasteiger partial charge in [-0.3, -0.25) is 9.78 Å². The van der Waals surface area contributed by atoms with Crippen molar-refractivity contribution in [2.24, 2.45) is 11.7 Å². The molecule has 2 aromatic heterocycles. The van der Waals surface area contributed by atoms with Crippen LogP contribution in [0.2, 0.25) is 0 Å². The molecule has 25 heavy (non-hydrogen) atoms. The van der Waals surface area contributed by atoms with E-state index in [0.717, 1.165) is 6.42 Å². The van der Waals surface area contributed by atoms with Crippen LogP contribution in [0, 0.1) is 5.92 Å². The van der Waals surface area contributed by atoms with Crippen molar-refractivity contribution in [1.29, 1.82) is 0 Å². The standard InChI is InChI=1S/C18H22N4O3/c19-5-9-25-16-2-1-6-21-17(16)18(23)22-15-12-24-11-14(15)10-13-3-7-20-8-4-13/h1-4,6-8,14-15H,5,9-12,19H2,(H,22,23)/t14-,15-/m1/s1. The number of nitrogens with two attached hydrogens (primary N) is 1. The van der Waals surface area contributed by atoms with E-state index in [4.69, 9.17) is 15.2 Å². The number of carbonyl (C=O) groups is 1. The lowest BCUT2D eigenvalue weighted by molar-refractivity contribution is 0.0915. The maximum Gasteiger partial charge on any atom is 0.274 e. The van der Waals surface area contributed by atoms with Crippen molar-refractivity contribution in [3.8, 4) is 5.75 Å². The number of nitrogens with zero attached hydrogens (tertiary/aromatic N) is 2. The summed E-state index contributed by atoms with van der Waals surface area (Å²) < 4.78 is 11.1. The van der Waals surface area contributed by atoms with Crippen LogP contribution in [0.5, 0.6) is 5.75 Å². The van der Waals surface area contributed by atoms with Gasteiger partial charge in [-0.25, -0.2) is 4.98 Å². The largest absolute Gasteiger partial charge is 0.490 e. The lowest BCUT2D eigenvalue weighted by atomic mass is 9.95. The summed E-state index contributed by atoms with van der Waals surface area (Å²) in [5, 5.41) is 3.03. The molecule has 1 fully saturated rings. The summed E-state index contributed by atoms with van der Waals surface area (Å²) >= 11 is 0. The van der Waals surface area contributed by atoms with Gasteiger partial charge < -0.3 is 20.5 Å². The number of pyridine rings is 2. The molecule has 1 amide bonds. The van der Waals surface area contributed by atoms with Crippen molar-refractivity contribution >= 4 is 5.91 Å². The summed E-state index contributed by atoms with van der Waals surface area (Å²) in [6, 6.07) is 7.35. The first kappa shape index (κ1) is 17.3. The molecule has 1 aliphatic rings. The van der Waals surface area contributed by atoms with Crippen LogP contribution in [0.25, 0.3) is 0 Å². The summed E-state index contributed by atoms with van der Waals surface area (Å²) in [6.45, 7) is 1.82. The minimum Gasteiger partial charge on any atom is -0.490 e. The Balaban J connectivity index is 1.66. The Labute approximate surface area is 146 Å². The zero-order valence-electron chi connectivity index (χ0n) is 13.9. The van der Waals surface area contributed by atoms with Crippen LogP contribution in [0.15, 0.2) is 42.9 Å². The fourth-order valence-corrected chi connectivity index (χ4v) is 2.86. The van der Waals surface area contributed by atoms with Crippen LogP contribution >= 0.6 is 0 Å². The molecule has 3 rings (SSSR count). The number of rotatable bonds is 7. The second-order valence-electron chi connectivity index (χ2n) is 5.92. The van der Waals surface area contributed by atoms with Crippen LogP contribution in [0.3, 0.4) is 0 Å². The van der Waals surface area contributed by atoms with E-state index < -0.39 is 0 Å². The van der Waals surface area contributed by atoms with Crippen LogP contribution in [-0.4, -0.2) is 48.3 Å². The lowest BCUT2D eigenvalue weighted by Gasteiger charge is -2.19. The molecular formula is C18H22N4O3. The Morgan fingerprint density at radius 1 is 1.28 bits per heavy atom. The SMILES string of the molecule is NCCOc1cccnc1C(=O)N[C@@H]1COC[C@H]1Cc1ccncc1. The Bertz CT molecular complexity index is 696. The molecule has 0 unspecified atom stereocenters. The van der Waals surface area contributed by atoms with Gasteiger partial charge in [-0.1, -0.05) is 0 Å². The van der Waals surface area contributed by atoms with Crippen LogP contribution in [-0.2, 0) is 11.2 Å². The molecule has 3 N–H and O–H groups in total. The summed E-state index contributed by atoms with van der Waals surface area (Å²) in [4.78, 5) is 20.8. The third kappa shape index (κ3) is 4.52. The van der Waals surface area contributed by atoms with Gasteiger partial charge in [-0.2, -0.15) is 0 Å². The fourth-order valence-electron chi connectivity index (χ4n) is 2.86. The van der Waals surface area contributed by atoms with E-state index in [1.807, 2.05) is 12.1 Å². The Morgan fingerprint density at radius 2 is 2.12 bits per heavy atom. The topological polar surface area (TPSA) is 99.4 Å². The monoisotopic (exact) mass is 342 g/mol. The maximum atomic E-state index is 12.6. The van der Waals surface area contributed by atoms with Gasteiger partial charge in [0.15, 0.2) is 11.4 Å². The van der Waals surface area contributed by atoms with Crippen LogP contribution in [0.4, 0.5) is 0 Å². The van der Waals surface area contributed by atoms with Gasteiger partial charge >= 0.3 is 0 Å². The molecule has 0 aromatic carbocycles. The Kier molecular flexibility index (Phi) is 5.92. The molecule has 0 spiro atoms. The smallest absolute Gasteiger partial charge is 0.274 e. The minimum absolute atomic E-state index is 0.0648. The molecule has 7 nitrogen and oxygen atoms in total. The predicted molar refractivity (Wildman–Crippen MR) is 92.3 cm³/mol. The first-order chi connectivity index (χ1) is 12.3. The number of nitrogens with one attached hydrogen (secondary N) is 1. The summed E-state index contributed by atoms with van der Waals surface area (Å²) in [5.41, 5.74) is 6.90. The van der Waals surface area contributed by atoms with E-state index in [1.54, 1.807) is 30.7 Å². The van der Waals surface area contributed by atoms with Crippen LogP contribution in [0.1, 0.15) is 16.1 Å². The molecule has 1 saturated heterocycles. The van der Waals surface area contributed by atoms with Gasteiger partial charge in [0, 0.05) is 31.1 Å². The maximum absolute atomic E-state index is 12.6. The molecular weight excluding hydrogens is 320 g/mol. The van der Waals surface area contributed by atoms with Crippen molar-refractivity contribution in [3.05, 3.63) is 54.1 Å². The first-order valence-electron chi connectivity index (χ1n) is 8.33. The minimum atomic E-state index is -0.261. The summed E-state index contributed by atoms with van der Waals surface area (Å²) in [7, 11) is 0. The number of ether oxygens (including phenoxy) is 2. The molecule has 0 saturated carbocycles. The van der Waals surface area contributed by atoms with Gasteiger partial charge in [0.1, 0.15) is 6.61 Å². The second-order valence-corrected chi connectivity index (χ2v) is 5.92. The van der Waals surface area contributed by atoms with Crippen molar-refractivity contribution < 1.29 is 14.3 Å². The number of aromatic nitrogens is 2. The molecule has 0 aliphatic carbocycles. The molecule has 0 bridgehead atoms. The zero-order valence-corrected chi connectivity index (χ0v) is 13.9. The van der Waals surface area contributed by atoms with Gasteiger partial charge in [0.2, 0.25) is 0 Å². The van der Waals surface area contributed by atoms with Gasteiger partial charge in [0.05, 0.1) is 19.3 Å². The van der Waals surface area contributed by atoms with Crippen molar-refractivity contribution in [3.63, 3.8) is 0 Å². The molecule has 2 atom stereocenters. The lowest BCUT2D eigenvalue weighted by Crippen LogP contribution is -2.41. The molecule has 0 radical (unpaired) electrons. The van der Waals surface area contributed by atoms with Crippen molar-refractivity contribution in [1.82, 2.24) is 15.3 Å². The van der Waals surface area contributed by atoms with E-state index in [9.17, 15) is 4.79 Å². The first-order valence-corrected chi connectivity index (χ1v) is 8.33. The number of amides is 1. The van der Waals surface area contributed by atoms with Crippen molar-refractivity contribution in [2.45, 2.75) is 12.5 Å². The quantitative estimate of drug-likeness (QED) is 0.772. The van der Waals surface area contributed by atoms with E-state index in [0.29, 0.717) is 32.1 Å². The molecule has 7 heteroatoms. The molecule has 2 aromatic rings. The molecule has 1 aliphatic heterocycles. The highest BCUT2D eigenvalue weighted by atomic mass is 16.5.